The minimum atomic E-state index is -0.751. The van der Waals surface area contributed by atoms with Crippen LogP contribution in [-0.2, 0) is 6.42 Å². The lowest BCUT2D eigenvalue weighted by Crippen LogP contribution is -2.01. The van der Waals surface area contributed by atoms with Crippen LogP contribution in [0.1, 0.15) is 22.8 Å². The van der Waals surface area contributed by atoms with E-state index in [9.17, 15) is 5.11 Å². The maximum absolute atomic E-state index is 10.5. The molecular weight excluding hydrogens is 276 g/mol. The number of aliphatic hydroxyl groups excluding tert-OH is 1. The first-order valence-electron chi connectivity index (χ1n) is 6.46. The summed E-state index contributed by atoms with van der Waals surface area (Å²) < 4.78 is 10.6. The Morgan fingerprint density at radius 2 is 2.10 bits per heavy atom. The third-order valence-electron chi connectivity index (χ3n) is 3.53. The minimum absolute atomic E-state index is 0.494. The van der Waals surface area contributed by atoms with Crippen LogP contribution in [0, 0.1) is 0 Å². The molecule has 0 fully saturated rings. The maximum Gasteiger partial charge on any atom is 0.122 e. The van der Waals surface area contributed by atoms with E-state index in [0.717, 1.165) is 23.3 Å². The highest BCUT2D eigenvalue weighted by atomic mass is 35.5. The Balaban J connectivity index is 1.94. The van der Waals surface area contributed by atoms with Gasteiger partial charge in [0.25, 0.3) is 0 Å². The summed E-state index contributed by atoms with van der Waals surface area (Å²) in [5, 5.41) is 11.0. The molecule has 2 aromatic carbocycles. The second-order valence-electron chi connectivity index (χ2n) is 4.76. The lowest BCUT2D eigenvalue weighted by Gasteiger charge is -2.15. The van der Waals surface area contributed by atoms with Crippen LogP contribution in [0.4, 0.5) is 0 Å². The number of benzene rings is 2. The van der Waals surface area contributed by atoms with Crippen LogP contribution in [0.5, 0.6) is 11.5 Å². The van der Waals surface area contributed by atoms with Crippen molar-refractivity contribution >= 4 is 11.6 Å². The smallest absolute Gasteiger partial charge is 0.122 e. The van der Waals surface area contributed by atoms with Gasteiger partial charge in [-0.05, 0) is 35.4 Å². The summed E-state index contributed by atoms with van der Waals surface area (Å²) in [4.78, 5) is 0. The van der Waals surface area contributed by atoms with Gasteiger partial charge in [0.2, 0.25) is 0 Å². The second-order valence-corrected chi connectivity index (χ2v) is 5.16. The fourth-order valence-electron chi connectivity index (χ4n) is 2.41. The number of hydrogen-bond donors (Lipinski definition) is 1. The predicted octanol–water partition coefficient (Wildman–Crippen LogP) is 3.37. The SMILES string of the molecule is COc1ccc(C(O)c2ccc3c(c2)CCO3)c(Cl)c1. The third kappa shape index (κ3) is 2.35. The summed E-state index contributed by atoms with van der Waals surface area (Å²) in [5.41, 5.74) is 2.62. The summed E-state index contributed by atoms with van der Waals surface area (Å²) in [6.07, 6.45) is 0.131. The van der Waals surface area contributed by atoms with Crippen LogP contribution in [0.2, 0.25) is 5.02 Å². The maximum atomic E-state index is 10.5. The lowest BCUT2D eigenvalue weighted by atomic mass is 9.99. The van der Waals surface area contributed by atoms with Crippen molar-refractivity contribution in [2.75, 3.05) is 13.7 Å². The molecule has 1 heterocycles. The summed E-state index contributed by atoms with van der Waals surface area (Å²) in [7, 11) is 1.59. The molecule has 20 heavy (non-hydrogen) atoms. The summed E-state index contributed by atoms with van der Waals surface area (Å²) >= 11 is 6.21. The number of hydrogen-bond acceptors (Lipinski definition) is 3. The van der Waals surface area contributed by atoms with Crippen LogP contribution >= 0.6 is 11.6 Å². The molecule has 1 N–H and O–H groups in total. The standard InChI is InChI=1S/C16H15ClO3/c1-19-12-3-4-13(14(17)9-12)16(18)11-2-5-15-10(8-11)6-7-20-15/h2-5,8-9,16,18H,6-7H2,1H3. The number of rotatable bonds is 3. The first-order chi connectivity index (χ1) is 9.69. The van der Waals surface area contributed by atoms with E-state index in [-0.39, 0.29) is 0 Å². The Hall–Kier alpha value is -1.71. The Labute approximate surface area is 122 Å². The molecule has 0 aromatic heterocycles. The molecular formula is C16H15ClO3. The number of methoxy groups -OCH3 is 1. The summed E-state index contributed by atoms with van der Waals surface area (Å²) in [6, 6.07) is 11.0. The van der Waals surface area contributed by atoms with Crippen molar-refractivity contribution in [1.82, 2.24) is 0 Å². The van der Waals surface area contributed by atoms with Crippen molar-refractivity contribution in [3.8, 4) is 11.5 Å². The Morgan fingerprint density at radius 3 is 2.85 bits per heavy atom. The highest BCUT2D eigenvalue weighted by molar-refractivity contribution is 6.31. The monoisotopic (exact) mass is 290 g/mol. The lowest BCUT2D eigenvalue weighted by molar-refractivity contribution is 0.220. The zero-order chi connectivity index (χ0) is 14.1. The molecule has 2 aromatic rings. The van der Waals surface area contributed by atoms with Gasteiger partial charge in [-0.1, -0.05) is 23.7 Å². The molecule has 3 nitrogen and oxygen atoms in total. The van der Waals surface area contributed by atoms with E-state index < -0.39 is 6.10 Å². The van der Waals surface area contributed by atoms with E-state index >= 15 is 0 Å². The topological polar surface area (TPSA) is 38.7 Å². The van der Waals surface area contributed by atoms with Crippen molar-refractivity contribution in [2.24, 2.45) is 0 Å². The van der Waals surface area contributed by atoms with Gasteiger partial charge in [0.05, 0.1) is 18.7 Å². The molecule has 0 aliphatic carbocycles. The zero-order valence-corrected chi connectivity index (χ0v) is 11.9. The predicted molar refractivity (Wildman–Crippen MR) is 77.7 cm³/mol. The van der Waals surface area contributed by atoms with Gasteiger partial charge in [0, 0.05) is 12.0 Å². The zero-order valence-electron chi connectivity index (χ0n) is 11.1. The van der Waals surface area contributed by atoms with Gasteiger partial charge < -0.3 is 14.6 Å². The average Bonchev–Trinajstić information content (AvgIpc) is 2.93. The highest BCUT2D eigenvalue weighted by Crippen LogP contribution is 2.34. The number of aliphatic hydroxyl groups is 1. The van der Waals surface area contributed by atoms with Gasteiger partial charge in [-0.15, -0.1) is 0 Å². The van der Waals surface area contributed by atoms with Crippen LogP contribution < -0.4 is 9.47 Å². The van der Waals surface area contributed by atoms with Gasteiger partial charge >= 0.3 is 0 Å². The van der Waals surface area contributed by atoms with Crippen molar-refractivity contribution < 1.29 is 14.6 Å². The first-order valence-corrected chi connectivity index (χ1v) is 6.84. The van der Waals surface area contributed by atoms with E-state index in [2.05, 4.69) is 0 Å². The summed E-state index contributed by atoms with van der Waals surface area (Å²) in [6.45, 7) is 0.707. The van der Waals surface area contributed by atoms with E-state index in [1.165, 1.54) is 0 Å². The molecule has 104 valence electrons. The molecule has 1 aliphatic heterocycles. The second kappa shape index (κ2) is 5.35. The molecule has 0 saturated heterocycles. The van der Waals surface area contributed by atoms with Crippen molar-refractivity contribution in [3.05, 3.63) is 58.1 Å². The Kier molecular flexibility index (Phi) is 3.55. The minimum Gasteiger partial charge on any atom is -0.497 e. The van der Waals surface area contributed by atoms with Gasteiger partial charge in [-0.2, -0.15) is 0 Å². The third-order valence-corrected chi connectivity index (χ3v) is 3.86. The number of halogens is 1. The van der Waals surface area contributed by atoms with E-state index in [0.29, 0.717) is 22.9 Å². The van der Waals surface area contributed by atoms with E-state index in [1.54, 1.807) is 25.3 Å². The molecule has 1 aliphatic rings. The molecule has 0 amide bonds. The van der Waals surface area contributed by atoms with Crippen molar-refractivity contribution in [1.29, 1.82) is 0 Å². The molecule has 1 unspecified atom stereocenters. The molecule has 0 spiro atoms. The fraction of sp³-hybridized carbons (Fsp3) is 0.250. The van der Waals surface area contributed by atoms with Crippen LogP contribution in [0.3, 0.4) is 0 Å². The molecule has 0 saturated carbocycles. The summed E-state index contributed by atoms with van der Waals surface area (Å²) in [5.74, 6) is 1.58. The normalized spacial score (nSPS) is 14.6. The number of ether oxygens (including phenoxy) is 2. The van der Waals surface area contributed by atoms with E-state index in [1.807, 2.05) is 18.2 Å². The molecule has 0 bridgehead atoms. The number of fused-ring (bicyclic) bond motifs is 1. The molecule has 1 atom stereocenters. The Bertz CT molecular complexity index is 640. The van der Waals surface area contributed by atoms with Crippen LogP contribution in [-0.4, -0.2) is 18.8 Å². The highest BCUT2D eigenvalue weighted by Gasteiger charge is 2.18. The largest absolute Gasteiger partial charge is 0.497 e. The van der Waals surface area contributed by atoms with Gasteiger partial charge in [0.1, 0.15) is 17.6 Å². The molecule has 3 rings (SSSR count). The van der Waals surface area contributed by atoms with Crippen LogP contribution in [0.25, 0.3) is 0 Å². The van der Waals surface area contributed by atoms with Gasteiger partial charge in [-0.25, -0.2) is 0 Å². The molecule has 0 radical (unpaired) electrons. The van der Waals surface area contributed by atoms with Crippen molar-refractivity contribution in [3.63, 3.8) is 0 Å². The van der Waals surface area contributed by atoms with Crippen LogP contribution in [0.15, 0.2) is 36.4 Å². The fourth-order valence-corrected chi connectivity index (χ4v) is 2.69. The van der Waals surface area contributed by atoms with E-state index in [4.69, 9.17) is 21.1 Å². The van der Waals surface area contributed by atoms with Crippen molar-refractivity contribution in [2.45, 2.75) is 12.5 Å². The Morgan fingerprint density at radius 1 is 1.25 bits per heavy atom. The quantitative estimate of drug-likeness (QED) is 0.942. The molecule has 4 heteroatoms. The first kappa shape index (κ1) is 13.3. The van der Waals surface area contributed by atoms with Gasteiger partial charge in [-0.3, -0.25) is 0 Å². The average molecular weight is 291 g/mol. The van der Waals surface area contributed by atoms with Gasteiger partial charge in [0.15, 0.2) is 0 Å².